The Morgan fingerprint density at radius 3 is 2.91 bits per heavy atom. The third kappa shape index (κ3) is 3.56. The van der Waals surface area contributed by atoms with Crippen LogP contribution in [0.15, 0.2) is 41.1 Å². The molecule has 3 rings (SSSR count). The average molecular weight is 379 g/mol. The molecule has 0 aliphatic carbocycles. The molecule has 0 bridgehead atoms. The smallest absolute Gasteiger partial charge is 0.317 e. The van der Waals surface area contributed by atoms with Gasteiger partial charge >= 0.3 is 6.03 Å². The van der Waals surface area contributed by atoms with Crippen LogP contribution in [0.5, 0.6) is 0 Å². The molecule has 2 aromatic rings. The van der Waals surface area contributed by atoms with Crippen molar-refractivity contribution in [3.8, 4) is 0 Å². The molecular weight excluding hydrogens is 360 g/mol. The van der Waals surface area contributed by atoms with Crippen LogP contribution in [0.25, 0.3) is 0 Å². The summed E-state index contributed by atoms with van der Waals surface area (Å²) in [5, 5.41) is 17.5. The summed E-state index contributed by atoms with van der Waals surface area (Å²) in [6.45, 7) is 1.17. The Kier molecular flexibility index (Phi) is 4.41. The topological polar surface area (TPSA) is 70.4 Å². The van der Waals surface area contributed by atoms with Gasteiger partial charge in [0.25, 0.3) is 0 Å². The van der Waals surface area contributed by atoms with Gasteiger partial charge in [0.1, 0.15) is 5.60 Å². The predicted molar refractivity (Wildman–Crippen MR) is 89.9 cm³/mol. The van der Waals surface area contributed by atoms with Crippen LogP contribution in [-0.2, 0) is 19.1 Å². The number of likely N-dealkylation sites (tertiary alicyclic amines) is 1. The number of aliphatic hydroxyl groups is 1. The Hall–Kier alpha value is -1.86. The lowest BCUT2D eigenvalue weighted by Crippen LogP contribution is -2.63. The van der Waals surface area contributed by atoms with Crippen molar-refractivity contribution in [2.24, 2.45) is 7.05 Å². The standard InChI is InChI=1S/C16H19BrN4O2/c1-20-9-12(8-19-20)5-6-18-15(22)21-10-16(23,11-21)13-3-2-4-14(17)7-13/h2-4,7-9,23H,5-6,10-11H2,1H3,(H,18,22). The number of nitrogens with zero attached hydrogens (tertiary/aromatic N) is 3. The highest BCUT2D eigenvalue weighted by molar-refractivity contribution is 9.10. The van der Waals surface area contributed by atoms with Crippen molar-refractivity contribution in [1.82, 2.24) is 20.0 Å². The molecule has 1 aromatic carbocycles. The fraction of sp³-hybridized carbons (Fsp3) is 0.375. The number of amides is 2. The Balaban J connectivity index is 1.47. The summed E-state index contributed by atoms with van der Waals surface area (Å²) in [6, 6.07) is 7.41. The maximum atomic E-state index is 12.1. The number of nitrogens with one attached hydrogen (secondary N) is 1. The number of urea groups is 1. The molecule has 1 aliphatic heterocycles. The highest BCUT2D eigenvalue weighted by Crippen LogP contribution is 2.32. The number of rotatable bonds is 4. The van der Waals surface area contributed by atoms with Gasteiger partial charge in [0.2, 0.25) is 0 Å². The first-order valence-corrected chi connectivity index (χ1v) is 8.24. The molecule has 1 aromatic heterocycles. The Bertz CT molecular complexity index is 710. The van der Waals surface area contributed by atoms with Crippen molar-refractivity contribution in [3.05, 3.63) is 52.3 Å². The van der Waals surface area contributed by atoms with Crippen molar-refractivity contribution in [1.29, 1.82) is 0 Å². The normalized spacial score (nSPS) is 16.0. The molecule has 2 N–H and O–H groups in total. The quantitative estimate of drug-likeness (QED) is 0.849. The van der Waals surface area contributed by atoms with E-state index < -0.39 is 5.60 Å². The summed E-state index contributed by atoms with van der Waals surface area (Å²) in [5.41, 5.74) is 0.957. The molecule has 6 nitrogen and oxygen atoms in total. The van der Waals surface area contributed by atoms with Crippen molar-refractivity contribution in [2.45, 2.75) is 12.0 Å². The molecule has 1 aliphatic rings. The van der Waals surface area contributed by atoms with Crippen molar-refractivity contribution >= 4 is 22.0 Å². The first-order chi connectivity index (χ1) is 11.0. The number of halogens is 1. The number of β-amino-alcohol motifs (C(OH)–C–C–N with tert-alkyl or cyclic N) is 1. The molecular formula is C16H19BrN4O2. The van der Waals surface area contributed by atoms with Crippen LogP contribution in [0.3, 0.4) is 0 Å². The zero-order chi connectivity index (χ0) is 16.4. The Morgan fingerprint density at radius 1 is 1.48 bits per heavy atom. The zero-order valence-corrected chi connectivity index (χ0v) is 14.5. The van der Waals surface area contributed by atoms with Gasteiger partial charge in [-0.2, -0.15) is 5.10 Å². The van der Waals surface area contributed by atoms with Gasteiger partial charge in [-0.25, -0.2) is 4.79 Å². The minimum atomic E-state index is -0.954. The second kappa shape index (κ2) is 6.33. The fourth-order valence-corrected chi connectivity index (χ4v) is 3.12. The summed E-state index contributed by atoms with van der Waals surface area (Å²) < 4.78 is 2.66. The highest BCUT2D eigenvalue weighted by atomic mass is 79.9. The molecule has 1 saturated heterocycles. The predicted octanol–water partition coefficient (Wildman–Crippen LogP) is 1.64. The number of hydrogen-bond donors (Lipinski definition) is 2. The summed E-state index contributed by atoms with van der Waals surface area (Å²) >= 11 is 3.40. The largest absolute Gasteiger partial charge is 0.381 e. The highest BCUT2D eigenvalue weighted by Gasteiger charge is 2.44. The van der Waals surface area contributed by atoms with Crippen LogP contribution in [0.2, 0.25) is 0 Å². The van der Waals surface area contributed by atoms with Gasteiger partial charge in [0, 0.05) is 24.3 Å². The lowest BCUT2D eigenvalue weighted by Gasteiger charge is -2.46. The molecule has 0 spiro atoms. The first kappa shape index (κ1) is 16.0. The van der Waals surface area contributed by atoms with E-state index in [1.807, 2.05) is 37.5 Å². The van der Waals surface area contributed by atoms with Gasteiger partial charge in [-0.05, 0) is 29.7 Å². The Labute approximate surface area is 143 Å². The van der Waals surface area contributed by atoms with Gasteiger partial charge in [0.15, 0.2) is 0 Å². The third-order valence-corrected chi connectivity index (χ3v) is 4.50. The maximum Gasteiger partial charge on any atom is 0.317 e. The zero-order valence-electron chi connectivity index (χ0n) is 12.9. The number of benzene rings is 1. The maximum absolute atomic E-state index is 12.1. The lowest BCUT2D eigenvalue weighted by molar-refractivity contribution is -0.0815. The van der Waals surface area contributed by atoms with Gasteiger partial charge in [-0.3, -0.25) is 4.68 Å². The van der Waals surface area contributed by atoms with E-state index in [1.165, 1.54) is 0 Å². The van der Waals surface area contributed by atoms with E-state index in [0.29, 0.717) is 19.6 Å². The molecule has 0 saturated carbocycles. The molecule has 0 atom stereocenters. The molecule has 0 unspecified atom stereocenters. The molecule has 7 heteroatoms. The summed E-state index contributed by atoms with van der Waals surface area (Å²) in [6.07, 6.45) is 4.47. The number of aromatic nitrogens is 2. The van der Waals surface area contributed by atoms with E-state index in [0.717, 1.165) is 22.0 Å². The van der Waals surface area contributed by atoms with Gasteiger partial charge in [-0.1, -0.05) is 28.1 Å². The molecule has 2 heterocycles. The molecule has 2 amide bonds. The monoisotopic (exact) mass is 378 g/mol. The van der Waals surface area contributed by atoms with E-state index in [9.17, 15) is 9.90 Å². The summed E-state index contributed by atoms with van der Waals surface area (Å²) in [5.74, 6) is 0. The number of aryl methyl sites for hydroxylation is 1. The third-order valence-electron chi connectivity index (χ3n) is 4.00. The minimum Gasteiger partial charge on any atom is -0.381 e. The second-order valence-electron chi connectivity index (χ2n) is 5.90. The average Bonchev–Trinajstić information content (AvgIpc) is 2.89. The van der Waals surface area contributed by atoms with Crippen molar-refractivity contribution in [2.75, 3.05) is 19.6 Å². The van der Waals surface area contributed by atoms with Gasteiger partial charge in [0.05, 0.1) is 19.3 Å². The van der Waals surface area contributed by atoms with E-state index in [4.69, 9.17) is 0 Å². The van der Waals surface area contributed by atoms with Gasteiger partial charge < -0.3 is 15.3 Å². The minimum absolute atomic E-state index is 0.145. The van der Waals surface area contributed by atoms with Crippen LogP contribution in [0, 0.1) is 0 Å². The fourth-order valence-electron chi connectivity index (χ4n) is 2.72. The van der Waals surface area contributed by atoms with Crippen LogP contribution >= 0.6 is 15.9 Å². The molecule has 122 valence electrons. The van der Waals surface area contributed by atoms with E-state index in [-0.39, 0.29) is 6.03 Å². The summed E-state index contributed by atoms with van der Waals surface area (Å²) in [7, 11) is 1.87. The number of carbonyl (C=O) groups is 1. The van der Waals surface area contributed by atoms with Crippen LogP contribution in [-0.4, -0.2) is 45.5 Å². The van der Waals surface area contributed by atoms with E-state index in [2.05, 4.69) is 26.3 Å². The number of hydrogen-bond acceptors (Lipinski definition) is 3. The van der Waals surface area contributed by atoms with Crippen molar-refractivity contribution < 1.29 is 9.90 Å². The SMILES string of the molecule is Cn1cc(CCNC(=O)N2CC(O)(c3cccc(Br)c3)C2)cn1. The lowest BCUT2D eigenvalue weighted by atomic mass is 9.86. The van der Waals surface area contributed by atoms with E-state index >= 15 is 0 Å². The Morgan fingerprint density at radius 2 is 2.26 bits per heavy atom. The molecule has 1 fully saturated rings. The molecule has 0 radical (unpaired) electrons. The van der Waals surface area contributed by atoms with Gasteiger partial charge in [-0.15, -0.1) is 0 Å². The van der Waals surface area contributed by atoms with Crippen LogP contribution < -0.4 is 5.32 Å². The summed E-state index contributed by atoms with van der Waals surface area (Å²) in [4.78, 5) is 13.7. The van der Waals surface area contributed by atoms with E-state index in [1.54, 1.807) is 15.8 Å². The van der Waals surface area contributed by atoms with Crippen LogP contribution in [0.1, 0.15) is 11.1 Å². The number of carbonyl (C=O) groups excluding carboxylic acids is 1. The first-order valence-electron chi connectivity index (χ1n) is 7.45. The van der Waals surface area contributed by atoms with Crippen LogP contribution in [0.4, 0.5) is 4.79 Å². The molecule has 23 heavy (non-hydrogen) atoms. The van der Waals surface area contributed by atoms with Crippen molar-refractivity contribution in [3.63, 3.8) is 0 Å². The second-order valence-corrected chi connectivity index (χ2v) is 6.82.